The number of nitro groups is 1. The molecule has 0 bridgehead atoms. The molecule has 134 valence electrons. The molecule has 2 rings (SSSR count). The van der Waals surface area contributed by atoms with Gasteiger partial charge in [0.1, 0.15) is 12.4 Å². The molecule has 0 atom stereocenters. The summed E-state index contributed by atoms with van der Waals surface area (Å²) in [4.78, 5) is 22.4. The highest BCUT2D eigenvalue weighted by molar-refractivity contribution is 9.10. The first kappa shape index (κ1) is 19.3. The molecular formula is C18H16BrN3O4. The van der Waals surface area contributed by atoms with Crippen LogP contribution in [0.5, 0.6) is 5.75 Å². The van der Waals surface area contributed by atoms with Crippen molar-refractivity contribution in [1.29, 1.82) is 0 Å². The van der Waals surface area contributed by atoms with E-state index in [0.717, 1.165) is 10.0 Å². The highest BCUT2D eigenvalue weighted by Gasteiger charge is 2.14. The molecular weight excluding hydrogens is 402 g/mol. The van der Waals surface area contributed by atoms with Gasteiger partial charge in [0.05, 0.1) is 22.0 Å². The van der Waals surface area contributed by atoms with Gasteiger partial charge in [-0.25, -0.2) is 5.43 Å². The smallest absolute Gasteiger partial charge is 0.273 e. The second-order valence-electron chi connectivity index (χ2n) is 5.15. The largest absolute Gasteiger partial charge is 0.488 e. The van der Waals surface area contributed by atoms with Crippen molar-refractivity contribution < 1.29 is 14.5 Å². The summed E-state index contributed by atoms with van der Waals surface area (Å²) >= 11 is 3.39. The first-order chi connectivity index (χ1) is 12.5. The Morgan fingerprint density at radius 3 is 2.81 bits per heavy atom. The Morgan fingerprint density at radius 2 is 2.12 bits per heavy atom. The van der Waals surface area contributed by atoms with Gasteiger partial charge in [-0.3, -0.25) is 14.9 Å². The van der Waals surface area contributed by atoms with Crippen molar-refractivity contribution in [3.05, 3.63) is 80.8 Å². The van der Waals surface area contributed by atoms with Gasteiger partial charge < -0.3 is 4.74 Å². The summed E-state index contributed by atoms with van der Waals surface area (Å²) in [5.41, 5.74) is 3.34. The second-order valence-corrected chi connectivity index (χ2v) is 6.00. The van der Waals surface area contributed by atoms with E-state index in [1.54, 1.807) is 42.5 Å². The summed E-state index contributed by atoms with van der Waals surface area (Å²) in [5.74, 6) is 0.225. The number of hydrazone groups is 1. The van der Waals surface area contributed by atoms with Gasteiger partial charge in [0, 0.05) is 11.6 Å². The Morgan fingerprint density at radius 1 is 1.35 bits per heavy atom. The van der Waals surface area contributed by atoms with Gasteiger partial charge in [0.2, 0.25) is 5.91 Å². The van der Waals surface area contributed by atoms with Crippen molar-refractivity contribution in [1.82, 2.24) is 5.43 Å². The lowest BCUT2D eigenvalue weighted by molar-refractivity contribution is -0.385. The lowest BCUT2D eigenvalue weighted by atomic mass is 10.1. The third kappa shape index (κ3) is 5.52. The maximum atomic E-state index is 11.9. The van der Waals surface area contributed by atoms with Gasteiger partial charge in [-0.05, 0) is 39.7 Å². The van der Waals surface area contributed by atoms with Crippen LogP contribution in [0.4, 0.5) is 5.69 Å². The summed E-state index contributed by atoms with van der Waals surface area (Å²) in [6.07, 6.45) is 2.99. The summed E-state index contributed by atoms with van der Waals surface area (Å²) in [7, 11) is 0. The van der Waals surface area contributed by atoms with E-state index in [9.17, 15) is 14.9 Å². The fourth-order valence-electron chi connectivity index (χ4n) is 2.09. The number of nitrogens with one attached hydrogen (secondary N) is 1. The highest BCUT2D eigenvalue weighted by atomic mass is 79.9. The number of para-hydroxylation sites is 1. The first-order valence-electron chi connectivity index (χ1n) is 7.58. The Labute approximate surface area is 158 Å². The molecule has 0 unspecified atom stereocenters. The van der Waals surface area contributed by atoms with Crippen LogP contribution < -0.4 is 10.2 Å². The van der Waals surface area contributed by atoms with E-state index in [2.05, 4.69) is 33.0 Å². The lowest BCUT2D eigenvalue weighted by Crippen LogP contribution is -2.20. The number of hydrogen-bond acceptors (Lipinski definition) is 5. The number of nitro benzene ring substituents is 1. The topological polar surface area (TPSA) is 93.8 Å². The highest BCUT2D eigenvalue weighted by Crippen LogP contribution is 2.25. The fourth-order valence-corrected chi connectivity index (χ4v) is 2.60. The van der Waals surface area contributed by atoms with Crippen LogP contribution in [0.1, 0.15) is 11.1 Å². The van der Waals surface area contributed by atoms with Crippen LogP contribution in [0, 0.1) is 10.1 Å². The molecule has 0 aliphatic rings. The number of rotatable bonds is 8. The third-order valence-electron chi connectivity index (χ3n) is 3.25. The van der Waals surface area contributed by atoms with Crippen LogP contribution in [0.25, 0.3) is 0 Å². The molecule has 1 amide bonds. The minimum absolute atomic E-state index is 0.0920. The van der Waals surface area contributed by atoms with Crippen molar-refractivity contribution in [2.45, 2.75) is 6.42 Å². The maximum absolute atomic E-state index is 11.9. The summed E-state index contributed by atoms with van der Waals surface area (Å²) in [5, 5.41) is 14.8. The Bertz CT molecular complexity index is 852. The number of amides is 1. The van der Waals surface area contributed by atoms with Gasteiger partial charge in [-0.15, -0.1) is 0 Å². The van der Waals surface area contributed by atoms with Crippen molar-refractivity contribution in [2.75, 3.05) is 6.61 Å². The number of hydrogen-bond donors (Lipinski definition) is 1. The summed E-state index contributed by atoms with van der Waals surface area (Å²) in [6.45, 7) is 3.98. The predicted octanol–water partition coefficient (Wildman–Crippen LogP) is 3.61. The second kappa shape index (κ2) is 9.47. The molecule has 0 spiro atoms. The molecule has 2 aromatic rings. The number of carbonyl (C=O) groups excluding carboxylic acids is 1. The van der Waals surface area contributed by atoms with E-state index in [0.29, 0.717) is 17.9 Å². The van der Waals surface area contributed by atoms with E-state index in [4.69, 9.17) is 4.74 Å². The maximum Gasteiger partial charge on any atom is 0.273 e. The van der Waals surface area contributed by atoms with E-state index in [-0.39, 0.29) is 12.1 Å². The first-order valence-corrected chi connectivity index (χ1v) is 8.38. The zero-order valence-electron chi connectivity index (χ0n) is 13.7. The zero-order chi connectivity index (χ0) is 18.9. The van der Waals surface area contributed by atoms with Crippen molar-refractivity contribution >= 4 is 33.7 Å². The van der Waals surface area contributed by atoms with Crippen molar-refractivity contribution in [3.8, 4) is 5.75 Å². The average Bonchev–Trinajstić information content (AvgIpc) is 2.61. The van der Waals surface area contributed by atoms with E-state index in [1.807, 2.05) is 0 Å². The molecule has 0 aliphatic heterocycles. The molecule has 0 aromatic heterocycles. The van der Waals surface area contributed by atoms with Crippen LogP contribution in [0.3, 0.4) is 0 Å². The Hall–Kier alpha value is -3.00. The zero-order valence-corrected chi connectivity index (χ0v) is 15.3. The molecule has 0 aliphatic carbocycles. The van der Waals surface area contributed by atoms with Crippen LogP contribution >= 0.6 is 15.9 Å². The standard InChI is InChI=1S/C18H16BrN3O4/c1-2-9-26-17-8-7-13(10-15(17)19)12-20-21-18(23)11-14-5-3-4-6-16(14)22(24)25/h2-8,10,12H,1,9,11H2,(H,21,23). The number of ether oxygens (including phenoxy) is 1. The van der Waals surface area contributed by atoms with Crippen LogP contribution in [0.15, 0.2) is 64.7 Å². The lowest BCUT2D eigenvalue weighted by Gasteiger charge is -2.06. The molecule has 8 heteroatoms. The van der Waals surface area contributed by atoms with Crippen LogP contribution in [-0.4, -0.2) is 23.7 Å². The number of benzene rings is 2. The summed E-state index contributed by atoms with van der Waals surface area (Å²) in [6, 6.07) is 11.4. The molecule has 0 heterocycles. The number of halogens is 1. The minimum atomic E-state index is -0.514. The molecule has 26 heavy (non-hydrogen) atoms. The van der Waals surface area contributed by atoms with Gasteiger partial charge in [0.15, 0.2) is 0 Å². The molecule has 0 saturated heterocycles. The van der Waals surface area contributed by atoms with Gasteiger partial charge >= 0.3 is 0 Å². The van der Waals surface area contributed by atoms with Crippen molar-refractivity contribution in [2.24, 2.45) is 5.10 Å². The minimum Gasteiger partial charge on any atom is -0.488 e. The van der Waals surface area contributed by atoms with Crippen LogP contribution in [0.2, 0.25) is 0 Å². The molecule has 0 saturated carbocycles. The van der Waals surface area contributed by atoms with Crippen LogP contribution in [-0.2, 0) is 11.2 Å². The SMILES string of the molecule is C=CCOc1ccc(C=NNC(=O)Cc2ccccc2[N+](=O)[O-])cc1Br. The molecule has 7 nitrogen and oxygen atoms in total. The quantitative estimate of drug-likeness (QED) is 0.307. The summed E-state index contributed by atoms with van der Waals surface area (Å²) < 4.78 is 6.19. The average molecular weight is 418 g/mol. The molecule has 2 aromatic carbocycles. The van der Waals surface area contributed by atoms with Gasteiger partial charge in [-0.2, -0.15) is 5.10 Å². The van der Waals surface area contributed by atoms with Gasteiger partial charge in [0.25, 0.3) is 5.69 Å². The van der Waals surface area contributed by atoms with E-state index >= 15 is 0 Å². The predicted molar refractivity (Wildman–Crippen MR) is 102 cm³/mol. The fraction of sp³-hybridized carbons (Fsp3) is 0.111. The third-order valence-corrected chi connectivity index (χ3v) is 3.87. The normalized spacial score (nSPS) is 10.5. The van der Waals surface area contributed by atoms with E-state index in [1.165, 1.54) is 12.3 Å². The molecule has 0 radical (unpaired) electrons. The van der Waals surface area contributed by atoms with E-state index < -0.39 is 10.8 Å². The number of carbonyl (C=O) groups is 1. The Kier molecular flexibility index (Phi) is 7.04. The van der Waals surface area contributed by atoms with Crippen molar-refractivity contribution in [3.63, 3.8) is 0 Å². The van der Waals surface area contributed by atoms with Gasteiger partial charge in [-0.1, -0.05) is 30.9 Å². The number of nitrogens with zero attached hydrogens (tertiary/aromatic N) is 2. The molecule has 1 N–H and O–H groups in total. The monoisotopic (exact) mass is 417 g/mol. The Balaban J connectivity index is 1.96. The molecule has 0 fully saturated rings.